The zero-order valence-electron chi connectivity index (χ0n) is 9.88. The van der Waals surface area contributed by atoms with Crippen LogP contribution in [-0.4, -0.2) is 31.9 Å². The molecule has 19 heavy (non-hydrogen) atoms. The van der Waals surface area contributed by atoms with E-state index < -0.39 is 0 Å². The Hall–Kier alpha value is -1.59. The number of carbonyl (C=O) groups is 1. The summed E-state index contributed by atoms with van der Waals surface area (Å²) < 4.78 is 2.04. The second kappa shape index (κ2) is 4.83. The summed E-state index contributed by atoms with van der Waals surface area (Å²) in [6, 6.07) is 1.54. The van der Waals surface area contributed by atoms with E-state index >= 15 is 0 Å². The van der Waals surface area contributed by atoms with Crippen LogP contribution in [0.1, 0.15) is 16.2 Å². The van der Waals surface area contributed by atoms with E-state index in [4.69, 9.17) is 23.2 Å². The van der Waals surface area contributed by atoms with Crippen LogP contribution < -0.4 is 0 Å². The number of aromatic nitrogens is 3. The number of rotatable bonds is 1. The fourth-order valence-corrected chi connectivity index (χ4v) is 2.34. The molecule has 0 aliphatic carbocycles. The zero-order chi connectivity index (χ0) is 13.4. The van der Waals surface area contributed by atoms with E-state index in [0.717, 1.165) is 12.4 Å². The normalized spacial score (nSPS) is 14.3. The highest BCUT2D eigenvalue weighted by molar-refractivity contribution is 6.41. The first-order valence-electron chi connectivity index (χ1n) is 5.75. The van der Waals surface area contributed by atoms with Gasteiger partial charge in [0.1, 0.15) is 11.0 Å². The van der Waals surface area contributed by atoms with Crippen molar-refractivity contribution >= 4 is 29.1 Å². The lowest BCUT2D eigenvalue weighted by Gasteiger charge is -2.27. The Morgan fingerprint density at radius 3 is 2.89 bits per heavy atom. The maximum absolute atomic E-state index is 12.3. The van der Waals surface area contributed by atoms with E-state index in [1.807, 2.05) is 10.8 Å². The summed E-state index contributed by atoms with van der Waals surface area (Å²) in [6.07, 6.45) is 5.10. The van der Waals surface area contributed by atoms with Crippen molar-refractivity contribution in [3.63, 3.8) is 0 Å². The molecule has 0 unspecified atom stereocenters. The van der Waals surface area contributed by atoms with Crippen molar-refractivity contribution in [2.45, 2.75) is 13.1 Å². The number of nitrogens with zero attached hydrogens (tertiary/aromatic N) is 4. The average molecular weight is 297 g/mol. The molecular formula is C12H10Cl2N4O. The average Bonchev–Trinajstić information content (AvgIpc) is 2.88. The SMILES string of the molecule is O=C(c1cnc(Cl)c(Cl)c1)N1CCn2ccnc2C1. The Morgan fingerprint density at radius 2 is 2.11 bits per heavy atom. The van der Waals surface area contributed by atoms with Gasteiger partial charge in [-0.2, -0.15) is 0 Å². The van der Waals surface area contributed by atoms with Crippen molar-refractivity contribution in [3.05, 3.63) is 46.2 Å². The van der Waals surface area contributed by atoms with Crippen molar-refractivity contribution in [2.24, 2.45) is 0 Å². The summed E-state index contributed by atoms with van der Waals surface area (Å²) in [7, 11) is 0. The van der Waals surface area contributed by atoms with Crippen molar-refractivity contribution in [3.8, 4) is 0 Å². The van der Waals surface area contributed by atoms with Gasteiger partial charge in [-0.15, -0.1) is 0 Å². The van der Waals surface area contributed by atoms with Crippen LogP contribution in [0.2, 0.25) is 10.2 Å². The molecule has 0 saturated carbocycles. The number of hydrogen-bond donors (Lipinski definition) is 0. The van der Waals surface area contributed by atoms with Crippen molar-refractivity contribution in [1.29, 1.82) is 0 Å². The minimum Gasteiger partial charge on any atom is -0.332 e. The van der Waals surface area contributed by atoms with Crippen LogP contribution in [0.5, 0.6) is 0 Å². The van der Waals surface area contributed by atoms with Gasteiger partial charge in [0.25, 0.3) is 5.91 Å². The van der Waals surface area contributed by atoms with E-state index in [9.17, 15) is 4.79 Å². The highest BCUT2D eigenvalue weighted by Gasteiger charge is 2.22. The third-order valence-electron chi connectivity index (χ3n) is 3.08. The van der Waals surface area contributed by atoms with Gasteiger partial charge in [0.05, 0.1) is 17.1 Å². The largest absolute Gasteiger partial charge is 0.332 e. The van der Waals surface area contributed by atoms with Gasteiger partial charge in [-0.05, 0) is 6.07 Å². The van der Waals surface area contributed by atoms with Gasteiger partial charge >= 0.3 is 0 Å². The minimum atomic E-state index is -0.111. The smallest absolute Gasteiger partial charge is 0.255 e. The molecule has 7 heteroatoms. The zero-order valence-corrected chi connectivity index (χ0v) is 11.4. The van der Waals surface area contributed by atoms with E-state index in [1.165, 1.54) is 6.20 Å². The summed E-state index contributed by atoms with van der Waals surface area (Å²) in [6.45, 7) is 1.88. The van der Waals surface area contributed by atoms with Crippen LogP contribution in [0.15, 0.2) is 24.7 Å². The minimum absolute atomic E-state index is 0.111. The molecule has 0 saturated heterocycles. The number of hydrogen-bond acceptors (Lipinski definition) is 3. The second-order valence-electron chi connectivity index (χ2n) is 4.26. The van der Waals surface area contributed by atoms with Gasteiger partial charge in [-0.3, -0.25) is 4.79 Å². The first kappa shape index (κ1) is 12.4. The number of imidazole rings is 1. The number of pyridine rings is 1. The van der Waals surface area contributed by atoms with Gasteiger partial charge in [0.2, 0.25) is 0 Å². The Labute approximate surface area is 119 Å². The van der Waals surface area contributed by atoms with Crippen LogP contribution in [0, 0.1) is 0 Å². The van der Waals surface area contributed by atoms with Gasteiger partial charge in [-0.25, -0.2) is 9.97 Å². The van der Waals surface area contributed by atoms with Crippen LogP contribution in [0.4, 0.5) is 0 Å². The third kappa shape index (κ3) is 2.31. The number of amides is 1. The molecule has 2 aromatic heterocycles. The topological polar surface area (TPSA) is 51.0 Å². The molecule has 0 atom stereocenters. The fraction of sp³-hybridized carbons (Fsp3) is 0.250. The molecule has 3 heterocycles. The lowest BCUT2D eigenvalue weighted by molar-refractivity contribution is 0.0707. The fourth-order valence-electron chi connectivity index (χ4n) is 2.07. The van der Waals surface area contributed by atoms with Crippen molar-refractivity contribution < 1.29 is 4.79 Å². The Kier molecular flexibility index (Phi) is 3.16. The molecule has 0 bridgehead atoms. The van der Waals surface area contributed by atoms with Crippen LogP contribution >= 0.6 is 23.2 Å². The maximum atomic E-state index is 12.3. The molecule has 3 rings (SSSR count). The highest BCUT2D eigenvalue weighted by atomic mass is 35.5. The van der Waals surface area contributed by atoms with E-state index in [2.05, 4.69) is 9.97 Å². The number of carbonyl (C=O) groups excluding carboxylic acids is 1. The van der Waals surface area contributed by atoms with Crippen LogP contribution in [-0.2, 0) is 13.1 Å². The molecule has 0 radical (unpaired) electrons. The first-order valence-corrected chi connectivity index (χ1v) is 6.51. The van der Waals surface area contributed by atoms with E-state index in [-0.39, 0.29) is 16.1 Å². The van der Waals surface area contributed by atoms with E-state index in [0.29, 0.717) is 18.7 Å². The summed E-state index contributed by atoms with van der Waals surface area (Å²) in [5.74, 6) is 0.771. The summed E-state index contributed by atoms with van der Waals surface area (Å²) in [5.41, 5.74) is 0.439. The van der Waals surface area contributed by atoms with Crippen LogP contribution in [0.3, 0.4) is 0 Å². The molecule has 5 nitrogen and oxygen atoms in total. The second-order valence-corrected chi connectivity index (χ2v) is 5.03. The van der Waals surface area contributed by atoms with Gasteiger partial charge in [0.15, 0.2) is 0 Å². The standard InChI is InChI=1S/C12H10Cl2N4O/c13-9-5-8(6-16-11(9)14)12(19)18-4-3-17-2-1-15-10(17)7-18/h1-2,5-6H,3-4,7H2. The predicted molar refractivity (Wildman–Crippen MR) is 71.2 cm³/mol. The lowest BCUT2D eigenvalue weighted by atomic mass is 10.2. The van der Waals surface area contributed by atoms with Gasteiger partial charge in [-0.1, -0.05) is 23.2 Å². The first-order chi connectivity index (χ1) is 9.15. The molecule has 0 fully saturated rings. The lowest BCUT2D eigenvalue weighted by Crippen LogP contribution is -2.38. The third-order valence-corrected chi connectivity index (χ3v) is 3.76. The molecule has 0 aromatic carbocycles. The molecule has 2 aromatic rings. The van der Waals surface area contributed by atoms with Gasteiger partial charge < -0.3 is 9.47 Å². The number of halogens is 2. The molecule has 0 spiro atoms. The molecular weight excluding hydrogens is 287 g/mol. The molecule has 1 aliphatic rings. The van der Waals surface area contributed by atoms with Crippen molar-refractivity contribution in [2.75, 3.05) is 6.54 Å². The van der Waals surface area contributed by atoms with Crippen LogP contribution in [0.25, 0.3) is 0 Å². The predicted octanol–water partition coefficient (Wildman–Crippen LogP) is 2.24. The summed E-state index contributed by atoms with van der Waals surface area (Å²) in [4.78, 5) is 22.2. The van der Waals surface area contributed by atoms with E-state index in [1.54, 1.807) is 17.2 Å². The molecule has 1 aliphatic heterocycles. The maximum Gasteiger partial charge on any atom is 0.255 e. The quantitative estimate of drug-likeness (QED) is 0.759. The van der Waals surface area contributed by atoms with Gasteiger partial charge in [0, 0.05) is 31.7 Å². The Bertz CT molecular complexity index is 640. The van der Waals surface area contributed by atoms with Crippen molar-refractivity contribution in [1.82, 2.24) is 19.4 Å². The Balaban J connectivity index is 1.83. The molecule has 98 valence electrons. The molecule has 1 amide bonds. The highest BCUT2D eigenvalue weighted by Crippen LogP contribution is 2.21. The summed E-state index contributed by atoms with van der Waals surface area (Å²) in [5, 5.41) is 0.485. The summed E-state index contributed by atoms with van der Waals surface area (Å²) >= 11 is 11.6. The number of fused-ring (bicyclic) bond motifs is 1. The molecule has 0 N–H and O–H groups in total. The Morgan fingerprint density at radius 1 is 1.26 bits per heavy atom. The monoisotopic (exact) mass is 296 g/mol.